The molecule has 0 aliphatic carbocycles. The zero-order valence-corrected chi connectivity index (χ0v) is 13.6. The highest BCUT2D eigenvalue weighted by atomic mass is 16.2. The average molecular weight is 326 g/mol. The Balaban J connectivity index is 1.37. The molecule has 1 aromatic carbocycles. The zero-order chi connectivity index (χ0) is 16.6. The molecule has 1 saturated heterocycles. The first-order valence-electron chi connectivity index (χ1n) is 8.44. The molecule has 24 heavy (non-hydrogen) atoms. The number of fused-ring (bicyclic) bond motifs is 1. The Morgan fingerprint density at radius 3 is 2.92 bits per heavy atom. The molecule has 0 radical (unpaired) electrons. The number of nitrogens with one attached hydrogen (secondary N) is 1. The van der Waals surface area contributed by atoms with Crippen molar-refractivity contribution in [2.24, 2.45) is 5.73 Å². The molecule has 2 aliphatic heterocycles. The van der Waals surface area contributed by atoms with Crippen molar-refractivity contribution >= 4 is 6.03 Å². The lowest BCUT2D eigenvalue weighted by atomic mass is 9.90. The summed E-state index contributed by atoms with van der Waals surface area (Å²) in [5.74, 6) is 1.85. The minimum atomic E-state index is -0.464. The van der Waals surface area contributed by atoms with Crippen LogP contribution in [0.2, 0.25) is 0 Å². The van der Waals surface area contributed by atoms with Gasteiger partial charge in [-0.3, -0.25) is 0 Å². The molecule has 0 bridgehead atoms. The third-order valence-electron chi connectivity index (χ3n) is 5.02. The molecule has 1 fully saturated rings. The lowest BCUT2D eigenvalue weighted by molar-refractivity contribution is 0.205. The van der Waals surface area contributed by atoms with E-state index in [0.717, 1.165) is 43.0 Å². The molecule has 2 aromatic rings. The topological polar surface area (TPSA) is 89.1 Å². The van der Waals surface area contributed by atoms with Gasteiger partial charge in [0.1, 0.15) is 5.82 Å². The second-order valence-electron chi connectivity index (χ2n) is 6.64. The molecule has 7 heteroatoms. The van der Waals surface area contributed by atoms with Gasteiger partial charge in [0, 0.05) is 26.1 Å². The number of amides is 2. The van der Waals surface area contributed by atoms with Crippen LogP contribution in [0.25, 0.3) is 0 Å². The van der Waals surface area contributed by atoms with Gasteiger partial charge in [-0.1, -0.05) is 30.3 Å². The first-order chi connectivity index (χ1) is 11.7. The lowest BCUT2D eigenvalue weighted by Gasteiger charge is -2.25. The molecule has 1 unspecified atom stereocenters. The molecule has 0 spiro atoms. The number of hydrogen-bond donors (Lipinski definition) is 2. The van der Waals surface area contributed by atoms with E-state index >= 15 is 0 Å². The predicted molar refractivity (Wildman–Crippen MR) is 89.1 cm³/mol. The molecule has 7 nitrogen and oxygen atoms in total. The van der Waals surface area contributed by atoms with Gasteiger partial charge in [-0.2, -0.15) is 0 Å². The highest BCUT2D eigenvalue weighted by Crippen LogP contribution is 2.29. The summed E-state index contributed by atoms with van der Waals surface area (Å²) >= 11 is 0. The van der Waals surface area contributed by atoms with Gasteiger partial charge in [0.15, 0.2) is 5.82 Å². The molecule has 4 rings (SSSR count). The van der Waals surface area contributed by atoms with Crippen LogP contribution in [0.1, 0.15) is 30.1 Å². The molecule has 126 valence electrons. The maximum absolute atomic E-state index is 12.5. The van der Waals surface area contributed by atoms with Crippen LogP contribution < -0.4 is 11.1 Å². The second kappa shape index (κ2) is 5.90. The van der Waals surface area contributed by atoms with Crippen molar-refractivity contribution in [1.82, 2.24) is 25.0 Å². The Morgan fingerprint density at radius 2 is 2.08 bits per heavy atom. The largest absolute Gasteiger partial charge is 0.331 e. The van der Waals surface area contributed by atoms with Gasteiger partial charge in [0.25, 0.3) is 0 Å². The molecular weight excluding hydrogens is 304 g/mol. The Bertz CT molecular complexity index is 743. The number of rotatable bonds is 3. The SMILES string of the molecule is NC1(c2ccccc2)CCN(C(=O)NCc2nnc3n2CCC3)C1. The molecule has 1 aromatic heterocycles. The van der Waals surface area contributed by atoms with Crippen molar-refractivity contribution in [2.45, 2.75) is 37.9 Å². The Kier molecular flexibility index (Phi) is 3.72. The van der Waals surface area contributed by atoms with E-state index in [1.807, 2.05) is 30.3 Å². The summed E-state index contributed by atoms with van der Waals surface area (Å²) < 4.78 is 2.10. The van der Waals surface area contributed by atoms with Gasteiger partial charge >= 0.3 is 6.03 Å². The van der Waals surface area contributed by atoms with E-state index in [0.29, 0.717) is 19.6 Å². The number of nitrogens with two attached hydrogens (primary N) is 1. The number of carbonyl (C=O) groups excluding carboxylic acids is 1. The van der Waals surface area contributed by atoms with Gasteiger partial charge < -0.3 is 20.5 Å². The van der Waals surface area contributed by atoms with Gasteiger partial charge in [-0.25, -0.2) is 4.79 Å². The van der Waals surface area contributed by atoms with E-state index in [2.05, 4.69) is 20.1 Å². The Labute approximate surface area is 140 Å². The van der Waals surface area contributed by atoms with E-state index in [4.69, 9.17) is 5.73 Å². The van der Waals surface area contributed by atoms with Crippen LogP contribution >= 0.6 is 0 Å². The third-order valence-corrected chi connectivity index (χ3v) is 5.02. The van der Waals surface area contributed by atoms with Crippen molar-refractivity contribution in [1.29, 1.82) is 0 Å². The van der Waals surface area contributed by atoms with E-state index in [-0.39, 0.29) is 6.03 Å². The normalized spacial score (nSPS) is 22.6. The number of carbonyl (C=O) groups is 1. The number of likely N-dealkylation sites (tertiary alicyclic amines) is 1. The fourth-order valence-electron chi connectivity index (χ4n) is 3.62. The Morgan fingerprint density at radius 1 is 1.25 bits per heavy atom. The lowest BCUT2D eigenvalue weighted by Crippen LogP contribution is -2.44. The molecule has 2 amide bonds. The number of aromatic nitrogens is 3. The second-order valence-corrected chi connectivity index (χ2v) is 6.64. The summed E-state index contributed by atoms with van der Waals surface area (Å²) in [4.78, 5) is 14.2. The van der Waals surface area contributed by atoms with Crippen molar-refractivity contribution in [3.8, 4) is 0 Å². The van der Waals surface area contributed by atoms with E-state index < -0.39 is 5.54 Å². The van der Waals surface area contributed by atoms with Crippen molar-refractivity contribution < 1.29 is 4.79 Å². The maximum Gasteiger partial charge on any atom is 0.317 e. The van der Waals surface area contributed by atoms with Crippen LogP contribution in [0.15, 0.2) is 30.3 Å². The molecular formula is C17H22N6O. The highest BCUT2D eigenvalue weighted by Gasteiger charge is 2.38. The number of urea groups is 1. The van der Waals surface area contributed by atoms with Crippen LogP contribution in [0.4, 0.5) is 4.79 Å². The number of benzene rings is 1. The first-order valence-corrected chi connectivity index (χ1v) is 8.44. The van der Waals surface area contributed by atoms with Gasteiger partial charge in [0.05, 0.1) is 12.1 Å². The molecule has 0 saturated carbocycles. The van der Waals surface area contributed by atoms with Crippen LogP contribution in [-0.4, -0.2) is 38.8 Å². The third kappa shape index (κ3) is 2.65. The number of hydrogen-bond acceptors (Lipinski definition) is 4. The minimum absolute atomic E-state index is 0.0893. The summed E-state index contributed by atoms with van der Waals surface area (Å²) in [6.07, 6.45) is 2.84. The summed E-state index contributed by atoms with van der Waals surface area (Å²) in [6, 6.07) is 9.91. The molecule has 3 N–H and O–H groups in total. The first kappa shape index (κ1) is 15.1. The quantitative estimate of drug-likeness (QED) is 0.880. The predicted octanol–water partition coefficient (Wildman–Crippen LogP) is 0.994. The van der Waals surface area contributed by atoms with Gasteiger partial charge in [0.2, 0.25) is 0 Å². The fraction of sp³-hybridized carbons (Fsp3) is 0.471. The van der Waals surface area contributed by atoms with Crippen LogP contribution in [0.3, 0.4) is 0 Å². The highest BCUT2D eigenvalue weighted by molar-refractivity contribution is 5.74. The molecule has 2 aliphatic rings. The number of nitrogens with zero attached hydrogens (tertiary/aromatic N) is 4. The smallest absolute Gasteiger partial charge is 0.317 e. The standard InChI is InChI=1S/C17H22N6O/c18-17(13-5-2-1-3-6-13)8-10-22(12-17)16(24)19-11-15-21-20-14-7-4-9-23(14)15/h1-3,5-6H,4,7-12,18H2,(H,19,24). The monoisotopic (exact) mass is 326 g/mol. The average Bonchev–Trinajstić information content (AvgIpc) is 3.30. The zero-order valence-electron chi connectivity index (χ0n) is 13.6. The minimum Gasteiger partial charge on any atom is -0.331 e. The van der Waals surface area contributed by atoms with Crippen LogP contribution in [0.5, 0.6) is 0 Å². The number of aryl methyl sites for hydroxylation is 1. The molecule has 1 atom stereocenters. The van der Waals surface area contributed by atoms with Crippen LogP contribution in [-0.2, 0) is 25.0 Å². The van der Waals surface area contributed by atoms with E-state index in [9.17, 15) is 4.79 Å². The van der Waals surface area contributed by atoms with Crippen molar-refractivity contribution in [3.05, 3.63) is 47.5 Å². The van der Waals surface area contributed by atoms with Crippen molar-refractivity contribution in [3.63, 3.8) is 0 Å². The van der Waals surface area contributed by atoms with Crippen LogP contribution in [0, 0.1) is 0 Å². The van der Waals surface area contributed by atoms with Gasteiger partial charge in [-0.15, -0.1) is 10.2 Å². The summed E-state index contributed by atoms with van der Waals surface area (Å²) in [6.45, 7) is 2.54. The van der Waals surface area contributed by atoms with Crippen molar-refractivity contribution in [2.75, 3.05) is 13.1 Å². The van der Waals surface area contributed by atoms with Gasteiger partial charge in [-0.05, 0) is 18.4 Å². The summed E-state index contributed by atoms with van der Waals surface area (Å²) in [5, 5.41) is 11.3. The fourth-order valence-corrected chi connectivity index (χ4v) is 3.62. The van der Waals surface area contributed by atoms with E-state index in [1.165, 1.54) is 0 Å². The summed E-state index contributed by atoms with van der Waals surface area (Å²) in [7, 11) is 0. The van der Waals surface area contributed by atoms with E-state index in [1.54, 1.807) is 4.90 Å². The summed E-state index contributed by atoms with van der Waals surface area (Å²) in [5.41, 5.74) is 7.14. The maximum atomic E-state index is 12.5. The molecule has 3 heterocycles. The Hall–Kier alpha value is -2.41.